The van der Waals surface area contributed by atoms with Gasteiger partial charge in [-0.2, -0.15) is 0 Å². The van der Waals surface area contributed by atoms with Gasteiger partial charge in [-0.1, -0.05) is 24.3 Å². The van der Waals surface area contributed by atoms with E-state index in [1.165, 1.54) is 6.92 Å². The predicted octanol–water partition coefficient (Wildman–Crippen LogP) is 2.68. The molecule has 2 atom stereocenters. The lowest BCUT2D eigenvalue weighted by Gasteiger charge is -2.22. The summed E-state index contributed by atoms with van der Waals surface area (Å²) in [6, 6.07) is 9.74. The molecule has 8 heteroatoms. The van der Waals surface area contributed by atoms with E-state index in [1.807, 2.05) is 36.5 Å². The van der Waals surface area contributed by atoms with Crippen molar-refractivity contribution in [2.75, 3.05) is 13.7 Å². The number of methoxy groups -OCH3 is 1. The van der Waals surface area contributed by atoms with Crippen LogP contribution in [0.2, 0.25) is 0 Å². The smallest absolute Gasteiger partial charge is 0.220 e. The minimum atomic E-state index is -0.563. The maximum atomic E-state index is 12.2. The molecule has 8 nitrogen and oxygen atoms in total. The number of hydrogen-bond acceptors (Lipinski definition) is 5. The van der Waals surface area contributed by atoms with Crippen LogP contribution in [0.4, 0.5) is 0 Å². The molecule has 1 saturated heterocycles. The van der Waals surface area contributed by atoms with Crippen molar-refractivity contribution in [3.05, 3.63) is 54.1 Å². The van der Waals surface area contributed by atoms with Crippen LogP contribution in [0.1, 0.15) is 30.8 Å². The van der Waals surface area contributed by atoms with E-state index in [9.17, 15) is 9.90 Å². The highest BCUT2D eigenvalue weighted by Gasteiger charge is 2.37. The first-order chi connectivity index (χ1) is 14.6. The minimum Gasteiger partial charge on any atom is -0.391 e. The number of aliphatic hydroxyl groups is 1. The van der Waals surface area contributed by atoms with E-state index in [4.69, 9.17) is 9.72 Å². The lowest BCUT2D eigenvalue weighted by atomic mass is 10.1. The molecule has 4 aromatic rings. The number of fused-ring (bicyclic) bond motifs is 3. The first kappa shape index (κ1) is 18.8. The average molecular weight is 405 g/mol. The van der Waals surface area contributed by atoms with Gasteiger partial charge in [0, 0.05) is 38.8 Å². The van der Waals surface area contributed by atoms with Gasteiger partial charge >= 0.3 is 0 Å². The van der Waals surface area contributed by atoms with Crippen LogP contribution >= 0.6 is 0 Å². The summed E-state index contributed by atoms with van der Waals surface area (Å²) in [4.78, 5) is 26.6. The number of rotatable bonds is 4. The van der Waals surface area contributed by atoms with Gasteiger partial charge < -0.3 is 19.7 Å². The van der Waals surface area contributed by atoms with Crippen molar-refractivity contribution in [3.63, 3.8) is 0 Å². The number of amides is 1. The maximum Gasteiger partial charge on any atom is 0.220 e. The number of hydrogen-bond donors (Lipinski definition) is 2. The lowest BCUT2D eigenvalue weighted by molar-refractivity contribution is -0.130. The van der Waals surface area contributed by atoms with Crippen LogP contribution in [-0.2, 0) is 16.1 Å². The van der Waals surface area contributed by atoms with E-state index in [0.717, 1.165) is 39.3 Å². The number of nitrogens with zero attached hydrogens (tertiary/aromatic N) is 4. The second kappa shape index (κ2) is 7.23. The molecule has 1 aliphatic heterocycles. The molecule has 30 heavy (non-hydrogen) atoms. The van der Waals surface area contributed by atoms with E-state index in [1.54, 1.807) is 18.2 Å². The number of aromatic nitrogens is 4. The second-order valence-corrected chi connectivity index (χ2v) is 7.72. The Morgan fingerprint density at radius 1 is 1.27 bits per heavy atom. The first-order valence-electron chi connectivity index (χ1n) is 9.94. The fourth-order valence-electron chi connectivity index (χ4n) is 4.35. The number of nitrogens with one attached hydrogen (secondary N) is 1. The van der Waals surface area contributed by atoms with Crippen LogP contribution < -0.4 is 0 Å². The number of carbonyl (C=O) groups is 1. The molecule has 1 amide bonds. The Balaban J connectivity index is 1.72. The molecule has 0 aliphatic carbocycles. The summed E-state index contributed by atoms with van der Waals surface area (Å²) in [5, 5.41) is 10.3. The SMILES string of the molecule is COCc1ccc(-c2nc(C3CC(O)CN3C(C)=O)n3c2cnc2[nH]ccc23)cc1. The molecule has 0 radical (unpaired) electrons. The Morgan fingerprint density at radius 3 is 2.80 bits per heavy atom. The van der Waals surface area contributed by atoms with Crippen molar-refractivity contribution in [2.24, 2.45) is 0 Å². The normalized spacial score (nSPS) is 19.2. The minimum absolute atomic E-state index is 0.0712. The van der Waals surface area contributed by atoms with E-state index in [-0.39, 0.29) is 11.9 Å². The van der Waals surface area contributed by atoms with Gasteiger partial charge in [-0.25, -0.2) is 9.97 Å². The highest BCUT2D eigenvalue weighted by Crippen LogP contribution is 2.36. The molecule has 0 saturated carbocycles. The van der Waals surface area contributed by atoms with Gasteiger partial charge in [0.1, 0.15) is 5.82 Å². The topological polar surface area (TPSA) is 95.8 Å². The fraction of sp³-hybridized carbons (Fsp3) is 0.318. The number of aliphatic hydroxyl groups excluding tert-OH is 1. The molecule has 0 spiro atoms. The Kier molecular flexibility index (Phi) is 4.52. The molecule has 1 aliphatic rings. The third-order valence-corrected chi connectivity index (χ3v) is 5.72. The highest BCUT2D eigenvalue weighted by atomic mass is 16.5. The number of imidazole rings is 1. The predicted molar refractivity (Wildman–Crippen MR) is 112 cm³/mol. The molecular formula is C22H23N5O3. The summed E-state index contributed by atoms with van der Waals surface area (Å²) in [5.41, 5.74) is 5.34. The Hall–Kier alpha value is -3.23. The average Bonchev–Trinajstić information content (AvgIpc) is 3.44. The van der Waals surface area contributed by atoms with Gasteiger partial charge in [0.05, 0.1) is 41.7 Å². The van der Waals surface area contributed by atoms with Crippen LogP contribution in [0.5, 0.6) is 0 Å². The van der Waals surface area contributed by atoms with Gasteiger partial charge in [0.15, 0.2) is 5.65 Å². The molecule has 4 heterocycles. The molecule has 3 aromatic heterocycles. The number of aromatic amines is 1. The van der Waals surface area contributed by atoms with Gasteiger partial charge in [-0.05, 0) is 11.6 Å². The number of carbonyl (C=O) groups excluding carboxylic acids is 1. The summed E-state index contributed by atoms with van der Waals surface area (Å²) >= 11 is 0. The Morgan fingerprint density at radius 2 is 2.07 bits per heavy atom. The van der Waals surface area contributed by atoms with Gasteiger partial charge in [0.25, 0.3) is 0 Å². The highest BCUT2D eigenvalue weighted by molar-refractivity contribution is 5.84. The molecule has 0 bridgehead atoms. The molecule has 1 aromatic carbocycles. The lowest BCUT2D eigenvalue weighted by Crippen LogP contribution is -2.30. The van der Waals surface area contributed by atoms with Crippen LogP contribution in [-0.4, -0.2) is 55.0 Å². The van der Waals surface area contributed by atoms with Crippen molar-refractivity contribution in [2.45, 2.75) is 32.1 Å². The summed E-state index contributed by atoms with van der Waals surface area (Å²) < 4.78 is 7.26. The Labute approximate surface area is 173 Å². The van der Waals surface area contributed by atoms with E-state index >= 15 is 0 Å². The van der Waals surface area contributed by atoms with Gasteiger partial charge in [-0.3, -0.25) is 9.20 Å². The third kappa shape index (κ3) is 2.96. The molecule has 2 N–H and O–H groups in total. The van der Waals surface area contributed by atoms with E-state index < -0.39 is 6.10 Å². The third-order valence-electron chi connectivity index (χ3n) is 5.72. The summed E-state index contributed by atoms with van der Waals surface area (Å²) in [6.07, 6.45) is 3.54. The van der Waals surface area contributed by atoms with Crippen LogP contribution in [0.15, 0.2) is 42.7 Å². The first-order valence-corrected chi connectivity index (χ1v) is 9.94. The molecule has 1 fully saturated rings. The summed E-state index contributed by atoms with van der Waals surface area (Å²) in [7, 11) is 1.67. The van der Waals surface area contributed by atoms with Crippen LogP contribution in [0.25, 0.3) is 27.9 Å². The van der Waals surface area contributed by atoms with Gasteiger partial charge in [0.2, 0.25) is 5.91 Å². The van der Waals surface area contributed by atoms with Crippen LogP contribution in [0.3, 0.4) is 0 Å². The second-order valence-electron chi connectivity index (χ2n) is 7.72. The molecule has 2 unspecified atom stereocenters. The van der Waals surface area contributed by atoms with Crippen molar-refractivity contribution >= 4 is 22.6 Å². The number of benzene rings is 1. The monoisotopic (exact) mass is 405 g/mol. The molecule has 5 rings (SSSR count). The summed E-state index contributed by atoms with van der Waals surface area (Å²) in [6.45, 7) is 2.40. The number of β-amino-alcohol motifs (C(OH)–C–C–N with tert-alkyl or cyclic N) is 1. The van der Waals surface area contributed by atoms with Crippen molar-refractivity contribution in [1.82, 2.24) is 24.3 Å². The number of ether oxygens (including phenoxy) is 1. The largest absolute Gasteiger partial charge is 0.391 e. The van der Waals surface area contributed by atoms with Crippen molar-refractivity contribution < 1.29 is 14.6 Å². The molecular weight excluding hydrogens is 382 g/mol. The van der Waals surface area contributed by atoms with Crippen molar-refractivity contribution in [3.8, 4) is 11.3 Å². The van der Waals surface area contributed by atoms with Gasteiger partial charge in [-0.15, -0.1) is 0 Å². The Bertz CT molecular complexity index is 1230. The summed E-state index contributed by atoms with van der Waals surface area (Å²) in [5.74, 6) is 0.665. The van der Waals surface area contributed by atoms with E-state index in [0.29, 0.717) is 19.6 Å². The van der Waals surface area contributed by atoms with E-state index in [2.05, 4.69) is 14.4 Å². The maximum absolute atomic E-state index is 12.2. The zero-order valence-electron chi connectivity index (χ0n) is 16.9. The molecule has 154 valence electrons. The van der Waals surface area contributed by atoms with Crippen molar-refractivity contribution in [1.29, 1.82) is 0 Å². The standard InChI is InChI=1S/C22H23N5O3/c1-13(28)26-11-16(29)9-18(26)22-25-20(15-5-3-14(4-6-15)12-30-2)19-10-24-21-17(27(19)22)7-8-23-21/h3-8,10,16,18,23,29H,9,11-12H2,1-2H3. The zero-order chi connectivity index (χ0) is 20.8. The fourth-order valence-corrected chi connectivity index (χ4v) is 4.35. The van der Waals surface area contributed by atoms with Crippen LogP contribution in [0, 0.1) is 0 Å². The zero-order valence-corrected chi connectivity index (χ0v) is 16.9. The quantitative estimate of drug-likeness (QED) is 0.544. The number of H-pyrrole nitrogens is 1. The number of likely N-dealkylation sites (tertiary alicyclic amines) is 1.